The van der Waals surface area contributed by atoms with Gasteiger partial charge in [0.15, 0.2) is 0 Å². The number of aromatic nitrogens is 4. The van der Waals surface area contributed by atoms with E-state index in [0.717, 1.165) is 16.9 Å². The van der Waals surface area contributed by atoms with Gasteiger partial charge in [0.25, 0.3) is 5.22 Å². The molecule has 0 aliphatic heterocycles. The van der Waals surface area contributed by atoms with E-state index in [4.69, 9.17) is 4.42 Å². The normalized spacial score (nSPS) is 11.2. The summed E-state index contributed by atoms with van der Waals surface area (Å²) in [6, 6.07) is 12.2. The number of hydrogen-bond acceptors (Lipinski definition) is 5. The predicted octanol–water partition coefficient (Wildman–Crippen LogP) is 4.29. The second-order valence-corrected chi connectivity index (χ2v) is 6.66. The molecule has 24 heavy (non-hydrogen) atoms. The monoisotopic (exact) mass is 336 g/mol. The molecule has 1 aromatic carbocycles. The van der Waals surface area contributed by atoms with Crippen molar-refractivity contribution in [1.82, 2.24) is 19.6 Å². The molecule has 0 radical (unpaired) electrons. The molecule has 3 aromatic heterocycles. The minimum Gasteiger partial charge on any atom is -0.411 e. The van der Waals surface area contributed by atoms with Crippen LogP contribution in [0.15, 0.2) is 58.4 Å². The SMILES string of the molecule is Cc1cc(C)cc(-c2nnc(SCc3cn4ccccc4n3)o2)c1. The summed E-state index contributed by atoms with van der Waals surface area (Å²) in [5, 5.41) is 8.85. The largest absolute Gasteiger partial charge is 0.411 e. The van der Waals surface area contributed by atoms with E-state index in [-0.39, 0.29) is 0 Å². The number of hydrogen-bond donors (Lipinski definition) is 0. The van der Waals surface area contributed by atoms with Gasteiger partial charge in [0.1, 0.15) is 5.65 Å². The third-order valence-electron chi connectivity index (χ3n) is 3.63. The van der Waals surface area contributed by atoms with Crippen LogP contribution in [0.25, 0.3) is 17.1 Å². The van der Waals surface area contributed by atoms with Gasteiger partial charge in [-0.1, -0.05) is 35.0 Å². The summed E-state index contributed by atoms with van der Waals surface area (Å²) < 4.78 is 7.79. The molecule has 0 unspecified atom stereocenters. The van der Waals surface area contributed by atoms with E-state index in [2.05, 4.69) is 47.2 Å². The summed E-state index contributed by atoms with van der Waals surface area (Å²) in [5.41, 5.74) is 5.25. The van der Waals surface area contributed by atoms with Crippen molar-refractivity contribution in [3.8, 4) is 11.5 Å². The number of fused-ring (bicyclic) bond motifs is 1. The highest BCUT2D eigenvalue weighted by atomic mass is 32.2. The van der Waals surface area contributed by atoms with E-state index in [0.29, 0.717) is 16.9 Å². The Morgan fingerprint density at radius 2 is 1.92 bits per heavy atom. The van der Waals surface area contributed by atoms with Gasteiger partial charge in [-0.2, -0.15) is 0 Å². The van der Waals surface area contributed by atoms with Gasteiger partial charge in [-0.05, 0) is 38.1 Å². The molecule has 4 aromatic rings. The van der Waals surface area contributed by atoms with E-state index in [1.807, 2.05) is 35.0 Å². The highest BCUT2D eigenvalue weighted by Crippen LogP contribution is 2.26. The van der Waals surface area contributed by atoms with Crippen LogP contribution < -0.4 is 0 Å². The Labute approximate surface area is 143 Å². The molecule has 0 spiro atoms. The van der Waals surface area contributed by atoms with Gasteiger partial charge in [0.05, 0.1) is 5.69 Å². The third kappa shape index (κ3) is 3.05. The van der Waals surface area contributed by atoms with Gasteiger partial charge in [-0.25, -0.2) is 4.98 Å². The molecule has 3 heterocycles. The maximum absolute atomic E-state index is 5.78. The fourth-order valence-electron chi connectivity index (χ4n) is 2.68. The van der Waals surface area contributed by atoms with Crippen LogP contribution in [0.5, 0.6) is 0 Å². The molecule has 0 amide bonds. The van der Waals surface area contributed by atoms with Crippen molar-refractivity contribution in [2.24, 2.45) is 0 Å². The zero-order chi connectivity index (χ0) is 16.5. The number of benzene rings is 1. The third-order valence-corrected chi connectivity index (χ3v) is 4.48. The quantitative estimate of drug-likeness (QED) is 0.520. The van der Waals surface area contributed by atoms with Crippen LogP contribution >= 0.6 is 11.8 Å². The first-order chi connectivity index (χ1) is 11.7. The Morgan fingerprint density at radius 3 is 2.71 bits per heavy atom. The molecular weight excluding hydrogens is 320 g/mol. The lowest BCUT2D eigenvalue weighted by Crippen LogP contribution is -1.82. The lowest BCUT2D eigenvalue weighted by atomic mass is 10.1. The zero-order valence-corrected chi connectivity index (χ0v) is 14.2. The molecule has 0 saturated carbocycles. The van der Waals surface area contributed by atoms with Crippen molar-refractivity contribution < 1.29 is 4.42 Å². The standard InChI is InChI=1S/C18H16N4OS/c1-12-7-13(2)9-14(8-12)17-20-21-18(23-17)24-11-15-10-22-6-4-3-5-16(22)19-15/h3-10H,11H2,1-2H3. The van der Waals surface area contributed by atoms with Crippen LogP contribution in [0.4, 0.5) is 0 Å². The molecule has 5 nitrogen and oxygen atoms in total. The molecule has 6 heteroatoms. The average Bonchev–Trinajstić information content (AvgIpc) is 3.18. The molecule has 0 saturated heterocycles. The minimum absolute atomic E-state index is 0.555. The number of nitrogens with zero attached hydrogens (tertiary/aromatic N) is 4. The van der Waals surface area contributed by atoms with Crippen molar-refractivity contribution in [1.29, 1.82) is 0 Å². The lowest BCUT2D eigenvalue weighted by Gasteiger charge is -2.00. The predicted molar refractivity (Wildman–Crippen MR) is 94.0 cm³/mol. The molecule has 4 rings (SSSR count). The minimum atomic E-state index is 0.555. The van der Waals surface area contributed by atoms with Crippen LogP contribution in [0.1, 0.15) is 16.8 Å². The molecule has 0 fully saturated rings. The van der Waals surface area contributed by atoms with E-state index < -0.39 is 0 Å². The Balaban J connectivity index is 1.50. The van der Waals surface area contributed by atoms with Crippen molar-refractivity contribution in [3.05, 3.63) is 65.6 Å². The Hall–Kier alpha value is -2.60. The second-order valence-electron chi connectivity index (χ2n) is 5.74. The van der Waals surface area contributed by atoms with Crippen LogP contribution in [0, 0.1) is 13.8 Å². The van der Waals surface area contributed by atoms with Crippen LogP contribution in [-0.2, 0) is 5.75 Å². The number of imidazole rings is 1. The summed E-state index contributed by atoms with van der Waals surface area (Å²) in [6.07, 6.45) is 4.00. The van der Waals surface area contributed by atoms with E-state index >= 15 is 0 Å². The molecular formula is C18H16N4OS. The van der Waals surface area contributed by atoms with E-state index in [1.165, 1.54) is 22.9 Å². The van der Waals surface area contributed by atoms with Crippen LogP contribution in [0.2, 0.25) is 0 Å². The van der Waals surface area contributed by atoms with Crippen molar-refractivity contribution >= 4 is 17.4 Å². The van der Waals surface area contributed by atoms with Gasteiger partial charge in [0.2, 0.25) is 5.89 Å². The first kappa shape index (κ1) is 15.0. The second kappa shape index (κ2) is 6.13. The summed E-state index contributed by atoms with van der Waals surface area (Å²) in [6.45, 7) is 4.12. The smallest absolute Gasteiger partial charge is 0.277 e. The Kier molecular flexibility index (Phi) is 3.82. The van der Waals surface area contributed by atoms with Gasteiger partial charge in [-0.3, -0.25) is 0 Å². The lowest BCUT2D eigenvalue weighted by molar-refractivity contribution is 0.465. The molecule has 0 aliphatic carbocycles. The summed E-state index contributed by atoms with van der Waals surface area (Å²) in [7, 11) is 0. The van der Waals surface area contributed by atoms with Crippen molar-refractivity contribution in [2.75, 3.05) is 0 Å². The summed E-state index contributed by atoms with van der Waals surface area (Å²) in [4.78, 5) is 4.57. The topological polar surface area (TPSA) is 56.2 Å². The van der Waals surface area contributed by atoms with E-state index in [9.17, 15) is 0 Å². The van der Waals surface area contributed by atoms with Crippen molar-refractivity contribution in [2.45, 2.75) is 24.8 Å². The first-order valence-electron chi connectivity index (χ1n) is 7.65. The van der Waals surface area contributed by atoms with Gasteiger partial charge < -0.3 is 8.82 Å². The summed E-state index contributed by atoms with van der Waals surface area (Å²) in [5.74, 6) is 1.25. The number of rotatable bonds is 4. The van der Waals surface area contributed by atoms with Crippen LogP contribution in [0.3, 0.4) is 0 Å². The maximum Gasteiger partial charge on any atom is 0.277 e. The number of thioether (sulfide) groups is 1. The fourth-order valence-corrected chi connectivity index (χ4v) is 3.32. The molecule has 0 N–H and O–H groups in total. The fraction of sp³-hybridized carbons (Fsp3) is 0.167. The first-order valence-corrected chi connectivity index (χ1v) is 8.63. The maximum atomic E-state index is 5.78. The summed E-state index contributed by atoms with van der Waals surface area (Å²) >= 11 is 1.50. The van der Waals surface area contributed by atoms with Crippen LogP contribution in [-0.4, -0.2) is 19.6 Å². The zero-order valence-electron chi connectivity index (χ0n) is 13.4. The molecule has 0 aliphatic rings. The average molecular weight is 336 g/mol. The van der Waals surface area contributed by atoms with Crippen molar-refractivity contribution in [3.63, 3.8) is 0 Å². The molecule has 0 bridgehead atoms. The van der Waals surface area contributed by atoms with Gasteiger partial charge in [-0.15, -0.1) is 10.2 Å². The molecule has 0 atom stereocenters. The van der Waals surface area contributed by atoms with Gasteiger partial charge in [0, 0.05) is 23.7 Å². The Bertz CT molecular complexity index is 952. The number of aryl methyl sites for hydroxylation is 2. The van der Waals surface area contributed by atoms with Gasteiger partial charge >= 0.3 is 0 Å². The van der Waals surface area contributed by atoms with E-state index in [1.54, 1.807) is 0 Å². The highest BCUT2D eigenvalue weighted by molar-refractivity contribution is 7.98. The number of pyridine rings is 1. The molecule has 120 valence electrons. The Morgan fingerprint density at radius 1 is 1.08 bits per heavy atom. The highest BCUT2D eigenvalue weighted by Gasteiger charge is 2.11.